The first kappa shape index (κ1) is 14.1. The second-order valence-electron chi connectivity index (χ2n) is 6.09. The second-order valence-corrected chi connectivity index (χ2v) is 7.01. The largest absolute Gasteiger partial charge is 0.353 e. The zero-order chi connectivity index (χ0) is 15.1. The number of hydrogen-bond acceptors (Lipinski definition) is 5. The molecule has 0 radical (unpaired) electrons. The molecule has 6 heteroatoms. The lowest BCUT2D eigenvalue weighted by molar-refractivity contribution is -0.00878. The molecule has 2 aromatic heterocycles. The van der Waals surface area contributed by atoms with Crippen LogP contribution in [-0.4, -0.2) is 45.0 Å². The number of nitrogens with zero attached hydrogens (tertiary/aromatic N) is 5. The molecule has 0 N–H and O–H groups in total. The predicted octanol–water partition coefficient (Wildman–Crippen LogP) is 2.41. The van der Waals surface area contributed by atoms with Crippen molar-refractivity contribution in [2.24, 2.45) is 0 Å². The molecule has 3 aliphatic rings. The average Bonchev–Trinajstić information content (AvgIpc) is 2.53. The van der Waals surface area contributed by atoms with Crippen molar-refractivity contribution in [2.45, 2.75) is 32.0 Å². The van der Waals surface area contributed by atoms with Crippen molar-refractivity contribution in [1.82, 2.24) is 19.9 Å². The monoisotopic (exact) mass is 359 g/mol. The second kappa shape index (κ2) is 5.59. The van der Waals surface area contributed by atoms with Crippen LogP contribution in [0.25, 0.3) is 0 Å². The van der Waals surface area contributed by atoms with Crippen LogP contribution in [0.4, 0.5) is 5.82 Å². The van der Waals surface area contributed by atoms with E-state index in [9.17, 15) is 0 Å². The lowest BCUT2D eigenvalue weighted by Crippen LogP contribution is -2.68. The van der Waals surface area contributed by atoms with Gasteiger partial charge in [-0.3, -0.25) is 9.88 Å². The molecule has 0 saturated carbocycles. The maximum atomic E-state index is 4.55. The zero-order valence-electron chi connectivity index (χ0n) is 12.5. The zero-order valence-corrected chi connectivity index (χ0v) is 14.1. The molecule has 3 fully saturated rings. The molecule has 3 saturated heterocycles. The van der Waals surface area contributed by atoms with Crippen LogP contribution >= 0.6 is 15.9 Å². The van der Waals surface area contributed by atoms with Crippen LogP contribution in [0.15, 0.2) is 35.2 Å². The fraction of sp³-hybridized carbons (Fsp3) is 0.438. The van der Waals surface area contributed by atoms with E-state index < -0.39 is 0 Å². The molecule has 5 heterocycles. The van der Waals surface area contributed by atoms with Crippen LogP contribution in [-0.2, 0) is 6.54 Å². The van der Waals surface area contributed by atoms with E-state index in [1.54, 1.807) is 0 Å². The molecule has 0 aliphatic carbocycles. The van der Waals surface area contributed by atoms with Gasteiger partial charge in [0.25, 0.3) is 0 Å². The van der Waals surface area contributed by atoms with Crippen LogP contribution in [0.3, 0.4) is 0 Å². The van der Waals surface area contributed by atoms with Gasteiger partial charge in [0.15, 0.2) is 0 Å². The minimum Gasteiger partial charge on any atom is -0.353 e. The Labute approximate surface area is 138 Å². The highest BCUT2D eigenvalue weighted by Crippen LogP contribution is 2.35. The van der Waals surface area contributed by atoms with Gasteiger partial charge in [-0.2, -0.15) is 0 Å². The SMILES string of the molecule is Cc1nccc(N2CC3CC(C2)N3Cc2cncc(Br)c2)n1. The van der Waals surface area contributed by atoms with Gasteiger partial charge >= 0.3 is 0 Å². The van der Waals surface area contributed by atoms with Crippen LogP contribution in [0.1, 0.15) is 17.8 Å². The van der Waals surface area contributed by atoms with Crippen LogP contribution < -0.4 is 4.90 Å². The molecule has 2 aromatic rings. The molecular formula is C16H18BrN5. The Hall–Kier alpha value is -1.53. The summed E-state index contributed by atoms with van der Waals surface area (Å²) in [5.74, 6) is 1.90. The molecule has 5 rings (SSSR count). The number of pyridine rings is 1. The summed E-state index contributed by atoms with van der Waals surface area (Å²) in [5.41, 5.74) is 1.27. The quantitative estimate of drug-likeness (QED) is 0.841. The highest BCUT2D eigenvalue weighted by molar-refractivity contribution is 9.10. The number of anilines is 1. The molecule has 2 unspecified atom stereocenters. The van der Waals surface area contributed by atoms with E-state index in [2.05, 4.69) is 46.7 Å². The van der Waals surface area contributed by atoms with Gasteiger partial charge in [-0.05, 0) is 47.0 Å². The number of aromatic nitrogens is 3. The Morgan fingerprint density at radius 1 is 1.27 bits per heavy atom. The summed E-state index contributed by atoms with van der Waals surface area (Å²) in [4.78, 5) is 18.0. The summed E-state index contributed by atoms with van der Waals surface area (Å²) >= 11 is 3.50. The van der Waals surface area contributed by atoms with Crippen molar-refractivity contribution < 1.29 is 0 Å². The summed E-state index contributed by atoms with van der Waals surface area (Å²) in [6, 6.07) is 5.41. The Morgan fingerprint density at radius 3 is 2.82 bits per heavy atom. The molecule has 2 atom stereocenters. The Balaban J connectivity index is 1.44. The maximum Gasteiger partial charge on any atom is 0.132 e. The van der Waals surface area contributed by atoms with Crippen LogP contribution in [0, 0.1) is 6.92 Å². The molecule has 3 aliphatic heterocycles. The van der Waals surface area contributed by atoms with E-state index in [-0.39, 0.29) is 0 Å². The summed E-state index contributed by atoms with van der Waals surface area (Å²) in [6.07, 6.45) is 6.94. The number of fused-ring (bicyclic) bond motifs is 2. The summed E-state index contributed by atoms with van der Waals surface area (Å²) in [5, 5.41) is 0. The Kier molecular flexibility index (Phi) is 3.58. The average molecular weight is 360 g/mol. The van der Waals surface area contributed by atoms with E-state index in [0.29, 0.717) is 12.1 Å². The summed E-state index contributed by atoms with van der Waals surface area (Å²) < 4.78 is 1.05. The number of aryl methyl sites for hydroxylation is 1. The smallest absolute Gasteiger partial charge is 0.132 e. The van der Waals surface area contributed by atoms with Crippen molar-refractivity contribution in [1.29, 1.82) is 0 Å². The molecule has 0 aromatic carbocycles. The van der Waals surface area contributed by atoms with Crippen molar-refractivity contribution in [3.8, 4) is 0 Å². The van der Waals surface area contributed by atoms with Gasteiger partial charge in [0.05, 0.1) is 0 Å². The third kappa shape index (κ3) is 2.61. The van der Waals surface area contributed by atoms with Gasteiger partial charge in [-0.15, -0.1) is 0 Å². The van der Waals surface area contributed by atoms with E-state index in [1.165, 1.54) is 12.0 Å². The first-order chi connectivity index (χ1) is 10.7. The van der Waals surface area contributed by atoms with E-state index in [1.807, 2.05) is 31.6 Å². The number of rotatable bonds is 3. The maximum absolute atomic E-state index is 4.55. The molecule has 0 amide bonds. The fourth-order valence-electron chi connectivity index (χ4n) is 3.51. The van der Waals surface area contributed by atoms with Crippen molar-refractivity contribution >= 4 is 21.7 Å². The highest BCUT2D eigenvalue weighted by Gasteiger charge is 2.44. The fourth-order valence-corrected chi connectivity index (χ4v) is 3.92. The van der Waals surface area contributed by atoms with E-state index >= 15 is 0 Å². The molecule has 22 heavy (non-hydrogen) atoms. The number of piperazine rings is 1. The number of piperidine rings is 1. The van der Waals surface area contributed by atoms with Gasteiger partial charge in [-0.1, -0.05) is 0 Å². The van der Waals surface area contributed by atoms with E-state index in [0.717, 1.165) is 35.7 Å². The first-order valence-electron chi connectivity index (χ1n) is 7.59. The minimum atomic E-state index is 0.619. The molecular weight excluding hydrogens is 342 g/mol. The first-order valence-corrected chi connectivity index (χ1v) is 8.38. The summed E-state index contributed by atoms with van der Waals surface area (Å²) in [6.45, 7) is 5.03. The van der Waals surface area contributed by atoms with Gasteiger partial charge in [0.1, 0.15) is 11.6 Å². The van der Waals surface area contributed by atoms with Gasteiger partial charge in [0.2, 0.25) is 0 Å². The summed E-state index contributed by atoms with van der Waals surface area (Å²) in [7, 11) is 0. The minimum absolute atomic E-state index is 0.619. The predicted molar refractivity (Wildman–Crippen MR) is 88.7 cm³/mol. The van der Waals surface area contributed by atoms with Gasteiger partial charge in [0, 0.05) is 54.8 Å². The third-order valence-corrected chi connectivity index (χ3v) is 4.99. The topological polar surface area (TPSA) is 45.2 Å². The lowest BCUT2D eigenvalue weighted by Gasteiger charge is -2.56. The third-order valence-electron chi connectivity index (χ3n) is 4.56. The molecule has 0 spiro atoms. The normalized spacial score (nSPS) is 24.2. The van der Waals surface area contributed by atoms with Crippen molar-refractivity contribution in [3.63, 3.8) is 0 Å². The molecule has 5 nitrogen and oxygen atoms in total. The standard InChI is InChI=1S/C16H18BrN5/c1-11-19-3-2-16(20-11)21-9-14-5-15(10-21)22(14)8-12-4-13(17)7-18-6-12/h2-4,6-7,14-15H,5,8-10H2,1H3. The van der Waals surface area contributed by atoms with Crippen LogP contribution in [0.2, 0.25) is 0 Å². The molecule has 114 valence electrons. The lowest BCUT2D eigenvalue weighted by atomic mass is 9.87. The number of hydrogen-bond donors (Lipinski definition) is 0. The highest BCUT2D eigenvalue weighted by atomic mass is 79.9. The Morgan fingerprint density at radius 2 is 2.09 bits per heavy atom. The number of halogens is 1. The van der Waals surface area contributed by atoms with Crippen molar-refractivity contribution in [2.75, 3.05) is 18.0 Å². The molecule has 2 bridgehead atoms. The van der Waals surface area contributed by atoms with Gasteiger partial charge < -0.3 is 4.90 Å². The van der Waals surface area contributed by atoms with Crippen molar-refractivity contribution in [3.05, 3.63) is 46.6 Å². The van der Waals surface area contributed by atoms with E-state index in [4.69, 9.17) is 0 Å². The van der Waals surface area contributed by atoms with Crippen LogP contribution in [0.5, 0.6) is 0 Å². The van der Waals surface area contributed by atoms with Gasteiger partial charge in [-0.25, -0.2) is 9.97 Å². The Bertz CT molecular complexity index is 680.